The number of hydrogen-bond donors (Lipinski definition) is 1. The standard InChI is InChI=1S/C23H31N7O/c1-6-29-22(31)18-14-21(30(29)16(2)3)26-23(24-15-18)25-19-7-8-20(17(4)13-19)28-11-9-27(5)10-12-28/h7-8,13,15H,2,6,9-12,14H2,1,3-5H3,(H,24,25). The summed E-state index contributed by atoms with van der Waals surface area (Å²) in [4.78, 5) is 26.8. The maximum atomic E-state index is 12.8. The molecule has 31 heavy (non-hydrogen) atoms. The molecule has 2 fully saturated rings. The quantitative estimate of drug-likeness (QED) is 0.810. The molecule has 2 bridgehead atoms. The van der Waals surface area contributed by atoms with Crippen molar-refractivity contribution < 1.29 is 4.79 Å². The van der Waals surface area contributed by atoms with Crippen LogP contribution >= 0.6 is 0 Å². The number of guanidine groups is 1. The Labute approximate surface area is 184 Å². The van der Waals surface area contributed by atoms with Crippen LogP contribution in [0.4, 0.5) is 11.4 Å². The topological polar surface area (TPSA) is 66.8 Å². The molecule has 1 N–H and O–H groups in total. The monoisotopic (exact) mass is 421 g/mol. The number of fused-ring (bicyclic) bond motifs is 2. The van der Waals surface area contributed by atoms with E-state index in [9.17, 15) is 4.79 Å². The molecule has 164 valence electrons. The van der Waals surface area contributed by atoms with Crippen molar-refractivity contribution in [1.82, 2.24) is 14.9 Å². The van der Waals surface area contributed by atoms with E-state index in [0.717, 1.165) is 43.4 Å². The second-order valence-electron chi connectivity index (χ2n) is 8.30. The highest BCUT2D eigenvalue weighted by Crippen LogP contribution is 2.27. The van der Waals surface area contributed by atoms with E-state index < -0.39 is 0 Å². The van der Waals surface area contributed by atoms with Crippen molar-refractivity contribution in [2.45, 2.75) is 27.2 Å². The molecule has 0 aromatic heterocycles. The van der Waals surface area contributed by atoms with Crippen molar-refractivity contribution in [3.8, 4) is 0 Å². The lowest BCUT2D eigenvalue weighted by atomic mass is 10.1. The highest BCUT2D eigenvalue weighted by molar-refractivity contribution is 6.11. The third kappa shape index (κ3) is 4.20. The fourth-order valence-corrected chi connectivity index (χ4v) is 4.23. The summed E-state index contributed by atoms with van der Waals surface area (Å²) in [6.45, 7) is 14.8. The molecular weight excluding hydrogens is 390 g/mol. The number of anilines is 2. The Morgan fingerprint density at radius 3 is 2.61 bits per heavy atom. The zero-order valence-electron chi connectivity index (χ0n) is 18.9. The lowest BCUT2D eigenvalue weighted by molar-refractivity contribution is -0.137. The summed E-state index contributed by atoms with van der Waals surface area (Å²) in [5.74, 6) is 1.16. The SMILES string of the molecule is C=C(C)N1C2=NC(Nc3ccc(N4CCN(C)CC4)c(C)c3)=NC=C(C2)C(=O)N1CC. The molecule has 2 saturated heterocycles. The van der Waals surface area contributed by atoms with Crippen LogP contribution in [0.5, 0.6) is 0 Å². The number of carbonyl (C=O) groups is 1. The van der Waals surface area contributed by atoms with E-state index in [2.05, 4.69) is 58.9 Å². The summed E-state index contributed by atoms with van der Waals surface area (Å²) in [5.41, 5.74) is 4.79. The number of amides is 1. The first kappa shape index (κ1) is 21.1. The van der Waals surface area contributed by atoms with E-state index >= 15 is 0 Å². The Morgan fingerprint density at radius 1 is 1.23 bits per heavy atom. The van der Waals surface area contributed by atoms with Gasteiger partial charge in [-0.3, -0.25) is 4.79 Å². The van der Waals surface area contributed by atoms with Crippen LogP contribution in [0, 0.1) is 6.92 Å². The van der Waals surface area contributed by atoms with E-state index in [0.29, 0.717) is 24.5 Å². The highest BCUT2D eigenvalue weighted by atomic mass is 16.2. The van der Waals surface area contributed by atoms with Crippen LogP contribution in [0.2, 0.25) is 0 Å². The first-order valence-corrected chi connectivity index (χ1v) is 10.8. The molecule has 1 aromatic carbocycles. The molecule has 8 nitrogen and oxygen atoms in total. The van der Waals surface area contributed by atoms with Crippen molar-refractivity contribution in [3.63, 3.8) is 0 Å². The van der Waals surface area contributed by atoms with Crippen LogP contribution in [-0.2, 0) is 4.79 Å². The minimum absolute atomic E-state index is 0.0539. The second-order valence-corrected chi connectivity index (χ2v) is 8.30. The summed E-state index contributed by atoms with van der Waals surface area (Å²) in [7, 11) is 2.17. The Bertz CT molecular complexity index is 986. The minimum Gasteiger partial charge on any atom is -0.369 e. The fraction of sp³-hybridized carbons (Fsp3) is 0.435. The predicted molar refractivity (Wildman–Crippen MR) is 126 cm³/mol. The average molecular weight is 422 g/mol. The number of carbonyl (C=O) groups excluding carboxylic acids is 1. The van der Waals surface area contributed by atoms with Crippen molar-refractivity contribution in [3.05, 3.63) is 47.8 Å². The first-order valence-electron chi connectivity index (χ1n) is 10.8. The fourth-order valence-electron chi connectivity index (χ4n) is 4.23. The first-order chi connectivity index (χ1) is 14.9. The predicted octanol–water partition coefficient (Wildman–Crippen LogP) is 2.81. The molecule has 3 aliphatic heterocycles. The van der Waals surface area contributed by atoms with Crippen LogP contribution in [0.1, 0.15) is 25.8 Å². The summed E-state index contributed by atoms with van der Waals surface area (Å²) < 4.78 is 0. The van der Waals surface area contributed by atoms with Crippen molar-refractivity contribution in [2.24, 2.45) is 9.98 Å². The summed E-state index contributed by atoms with van der Waals surface area (Å²) in [5, 5.41) is 6.78. The smallest absolute Gasteiger partial charge is 0.270 e. The molecule has 0 spiro atoms. The molecule has 8 heteroatoms. The van der Waals surface area contributed by atoms with Crippen LogP contribution in [-0.4, -0.2) is 72.4 Å². The van der Waals surface area contributed by atoms with Gasteiger partial charge in [0.25, 0.3) is 5.91 Å². The number of amidine groups is 1. The summed E-state index contributed by atoms with van der Waals surface area (Å²) in [6.07, 6.45) is 2.07. The van der Waals surface area contributed by atoms with Crippen LogP contribution in [0.15, 0.2) is 52.2 Å². The molecular formula is C23H31N7O. The van der Waals surface area contributed by atoms with Gasteiger partial charge < -0.3 is 15.1 Å². The third-order valence-corrected chi connectivity index (χ3v) is 5.88. The van der Waals surface area contributed by atoms with Gasteiger partial charge in [0.1, 0.15) is 5.84 Å². The largest absolute Gasteiger partial charge is 0.369 e. The van der Waals surface area contributed by atoms with Crippen molar-refractivity contribution in [1.29, 1.82) is 0 Å². The van der Waals surface area contributed by atoms with Gasteiger partial charge in [0.05, 0.1) is 0 Å². The molecule has 1 aromatic rings. The number of aryl methyl sites for hydroxylation is 1. The zero-order valence-corrected chi connectivity index (χ0v) is 18.9. The number of hydrazine groups is 1. The number of nitrogens with one attached hydrogen (secondary N) is 1. The lowest BCUT2D eigenvalue weighted by Gasteiger charge is -2.40. The van der Waals surface area contributed by atoms with Gasteiger partial charge in [0.2, 0.25) is 5.96 Å². The molecule has 3 aliphatic rings. The molecule has 0 radical (unpaired) electrons. The Morgan fingerprint density at radius 2 is 1.97 bits per heavy atom. The minimum atomic E-state index is -0.0539. The van der Waals surface area contributed by atoms with E-state index in [1.54, 1.807) is 16.2 Å². The van der Waals surface area contributed by atoms with Gasteiger partial charge in [-0.25, -0.2) is 15.0 Å². The Hall–Kier alpha value is -3.13. The molecule has 3 heterocycles. The van der Waals surface area contributed by atoms with E-state index in [1.165, 1.54) is 11.3 Å². The zero-order chi connectivity index (χ0) is 22.1. The lowest BCUT2D eigenvalue weighted by Crippen LogP contribution is -2.53. The summed E-state index contributed by atoms with van der Waals surface area (Å²) in [6, 6.07) is 6.35. The molecule has 0 unspecified atom stereocenters. The van der Waals surface area contributed by atoms with E-state index in [4.69, 9.17) is 4.99 Å². The average Bonchev–Trinajstić information content (AvgIpc) is 2.92. The maximum Gasteiger partial charge on any atom is 0.270 e. The van der Waals surface area contributed by atoms with Gasteiger partial charge in [-0.2, -0.15) is 4.99 Å². The number of rotatable bonds is 4. The molecule has 4 rings (SSSR count). The number of piperazine rings is 1. The molecule has 0 saturated carbocycles. The Balaban J connectivity index is 1.57. The van der Waals surface area contributed by atoms with Crippen LogP contribution in [0.3, 0.4) is 0 Å². The van der Waals surface area contributed by atoms with E-state index in [1.807, 2.05) is 13.8 Å². The van der Waals surface area contributed by atoms with Gasteiger partial charge in [0.15, 0.2) is 0 Å². The number of allylic oxidation sites excluding steroid dienone is 1. The molecule has 1 amide bonds. The van der Waals surface area contributed by atoms with Gasteiger partial charge >= 0.3 is 0 Å². The number of nitrogens with zero attached hydrogens (tertiary/aromatic N) is 6. The molecule has 0 atom stereocenters. The highest BCUT2D eigenvalue weighted by Gasteiger charge is 2.34. The van der Waals surface area contributed by atoms with Crippen LogP contribution < -0.4 is 10.2 Å². The molecule has 0 aliphatic carbocycles. The Kier molecular flexibility index (Phi) is 5.82. The normalized spacial score (nSPS) is 19.5. The van der Waals surface area contributed by atoms with Gasteiger partial charge in [0, 0.05) is 68.0 Å². The number of hydrogen-bond acceptors (Lipinski definition) is 7. The third-order valence-electron chi connectivity index (χ3n) is 5.88. The van der Waals surface area contributed by atoms with Gasteiger partial charge in [-0.05, 0) is 51.6 Å². The van der Waals surface area contributed by atoms with Gasteiger partial charge in [-0.1, -0.05) is 6.58 Å². The van der Waals surface area contributed by atoms with Crippen molar-refractivity contribution in [2.75, 3.05) is 50.0 Å². The van der Waals surface area contributed by atoms with Gasteiger partial charge in [-0.15, -0.1) is 0 Å². The van der Waals surface area contributed by atoms with Crippen molar-refractivity contribution >= 4 is 29.1 Å². The second kappa shape index (κ2) is 8.55. The number of aliphatic imine (C=N–C) groups is 2. The van der Waals surface area contributed by atoms with E-state index in [-0.39, 0.29) is 5.91 Å². The maximum absolute atomic E-state index is 12.8. The van der Waals surface area contributed by atoms with Crippen LogP contribution in [0.25, 0.3) is 0 Å². The number of likely N-dealkylation sites (N-methyl/N-ethyl adjacent to an activating group) is 2. The number of benzene rings is 1. The summed E-state index contributed by atoms with van der Waals surface area (Å²) >= 11 is 0.